The molecule has 6 nitrogen and oxygen atoms in total. The molecule has 1 amide bonds. The molecule has 32 heavy (non-hydrogen) atoms. The van der Waals surface area contributed by atoms with E-state index in [2.05, 4.69) is 45.2 Å². The number of hydrogen-bond donors (Lipinski definition) is 1. The number of H-pyrrole nitrogens is 1. The first-order valence-corrected chi connectivity index (χ1v) is 11.4. The van der Waals surface area contributed by atoms with Crippen LogP contribution in [0.4, 0.5) is 0 Å². The van der Waals surface area contributed by atoms with Crippen molar-refractivity contribution in [2.24, 2.45) is 5.92 Å². The number of aromatic amines is 1. The third-order valence-electron chi connectivity index (χ3n) is 6.63. The molecule has 4 heterocycles. The van der Waals surface area contributed by atoms with Crippen molar-refractivity contribution in [2.45, 2.75) is 39.2 Å². The lowest BCUT2D eigenvalue weighted by molar-refractivity contribution is -0.132. The van der Waals surface area contributed by atoms with Gasteiger partial charge in [-0.25, -0.2) is 4.98 Å². The van der Waals surface area contributed by atoms with Crippen molar-refractivity contribution in [3.8, 4) is 11.1 Å². The monoisotopic (exact) mass is 427 g/mol. The molecule has 0 spiro atoms. The van der Waals surface area contributed by atoms with Gasteiger partial charge in [0.1, 0.15) is 5.65 Å². The Morgan fingerprint density at radius 2 is 1.94 bits per heavy atom. The van der Waals surface area contributed by atoms with E-state index in [4.69, 9.17) is 4.98 Å². The summed E-state index contributed by atoms with van der Waals surface area (Å²) < 4.78 is 2.26. The molecule has 0 saturated carbocycles. The maximum Gasteiger partial charge on any atom is 0.222 e. The summed E-state index contributed by atoms with van der Waals surface area (Å²) in [6.45, 7) is 4.69. The number of fused-ring (bicyclic) bond motifs is 1. The lowest BCUT2D eigenvalue weighted by Gasteiger charge is -2.32. The van der Waals surface area contributed by atoms with Crippen molar-refractivity contribution < 1.29 is 4.79 Å². The summed E-state index contributed by atoms with van der Waals surface area (Å²) in [5, 5.41) is 8.26. The van der Waals surface area contributed by atoms with E-state index in [1.165, 1.54) is 5.56 Å². The Labute approximate surface area is 188 Å². The van der Waals surface area contributed by atoms with Crippen molar-refractivity contribution in [3.63, 3.8) is 0 Å². The normalized spacial score (nSPS) is 14.8. The summed E-state index contributed by atoms with van der Waals surface area (Å²) in [6, 6.07) is 14.6. The number of carbonyl (C=O) groups excluding carboxylic acids is 1. The van der Waals surface area contributed by atoms with E-state index < -0.39 is 0 Å². The largest absolute Gasteiger partial charge is 0.343 e. The molecule has 1 saturated heterocycles. The van der Waals surface area contributed by atoms with E-state index in [0.717, 1.165) is 66.8 Å². The van der Waals surface area contributed by atoms with Crippen molar-refractivity contribution in [3.05, 3.63) is 72.3 Å². The van der Waals surface area contributed by atoms with Gasteiger partial charge in [-0.3, -0.25) is 9.89 Å². The predicted octanol–water partition coefficient (Wildman–Crippen LogP) is 4.61. The molecule has 4 aromatic rings. The number of nitrogens with one attached hydrogen (secondary N) is 1. The molecule has 1 fully saturated rings. The molecule has 1 aromatic carbocycles. The number of likely N-dealkylation sites (tertiary alicyclic amines) is 1. The number of carbonyl (C=O) groups is 1. The molecule has 0 unspecified atom stereocenters. The maximum atomic E-state index is 12.6. The summed E-state index contributed by atoms with van der Waals surface area (Å²) in [5.41, 5.74) is 5.49. The van der Waals surface area contributed by atoms with Crippen LogP contribution in [-0.2, 0) is 17.8 Å². The zero-order valence-corrected chi connectivity index (χ0v) is 18.5. The maximum absolute atomic E-state index is 12.6. The van der Waals surface area contributed by atoms with Gasteiger partial charge in [-0.05, 0) is 49.8 Å². The van der Waals surface area contributed by atoms with Crippen molar-refractivity contribution in [1.29, 1.82) is 0 Å². The number of aryl methyl sites for hydroxylation is 2. The van der Waals surface area contributed by atoms with Crippen LogP contribution >= 0.6 is 0 Å². The highest BCUT2D eigenvalue weighted by Gasteiger charge is 2.23. The molecular formula is C26H29N5O. The van der Waals surface area contributed by atoms with Gasteiger partial charge in [-0.15, -0.1) is 0 Å². The quantitative estimate of drug-likeness (QED) is 0.489. The van der Waals surface area contributed by atoms with Crippen LogP contribution in [0, 0.1) is 12.8 Å². The Hall–Kier alpha value is -3.41. The van der Waals surface area contributed by atoms with Gasteiger partial charge in [-0.2, -0.15) is 5.10 Å². The number of benzene rings is 1. The van der Waals surface area contributed by atoms with E-state index in [1.54, 1.807) is 0 Å². The van der Waals surface area contributed by atoms with Gasteiger partial charge < -0.3 is 9.47 Å². The molecule has 0 atom stereocenters. The molecule has 0 bridgehead atoms. The molecule has 3 aromatic heterocycles. The first-order chi connectivity index (χ1) is 15.7. The molecule has 1 N–H and O–H groups in total. The van der Waals surface area contributed by atoms with Crippen LogP contribution in [0.1, 0.15) is 30.5 Å². The first-order valence-electron chi connectivity index (χ1n) is 11.4. The van der Waals surface area contributed by atoms with E-state index >= 15 is 0 Å². The minimum atomic E-state index is 0.280. The van der Waals surface area contributed by atoms with Gasteiger partial charge in [0.05, 0.1) is 6.20 Å². The summed E-state index contributed by atoms with van der Waals surface area (Å²) in [5.74, 6) is 0.851. The van der Waals surface area contributed by atoms with Crippen molar-refractivity contribution >= 4 is 16.9 Å². The zero-order chi connectivity index (χ0) is 21.9. The summed E-state index contributed by atoms with van der Waals surface area (Å²) in [4.78, 5) is 19.4. The number of piperidine rings is 1. The standard InChI is InChI=1S/C26H29N5O/c1-19-24(17-28-29-19)23-15-22-11-14-31(26(22)27-16-23)18-21-9-12-30(13-10-21)25(32)8-7-20-5-3-2-4-6-20/h2-6,11,14-17,21H,7-10,12-13,18H2,1H3,(H,28,29). The first kappa shape index (κ1) is 20.5. The summed E-state index contributed by atoms with van der Waals surface area (Å²) in [7, 11) is 0. The van der Waals surface area contributed by atoms with Gasteiger partial charge in [-0.1, -0.05) is 30.3 Å². The Morgan fingerprint density at radius 3 is 2.69 bits per heavy atom. The lowest BCUT2D eigenvalue weighted by atomic mass is 9.96. The Bertz CT molecular complexity index is 1200. The second-order valence-electron chi connectivity index (χ2n) is 8.82. The van der Waals surface area contributed by atoms with Crippen LogP contribution in [0.5, 0.6) is 0 Å². The number of nitrogens with zero attached hydrogens (tertiary/aromatic N) is 4. The highest BCUT2D eigenvalue weighted by molar-refractivity contribution is 5.82. The van der Waals surface area contributed by atoms with Crippen LogP contribution in [0.25, 0.3) is 22.2 Å². The zero-order valence-electron chi connectivity index (χ0n) is 18.5. The van der Waals surface area contributed by atoms with E-state index in [9.17, 15) is 4.79 Å². The molecule has 1 aliphatic rings. The number of pyridine rings is 1. The molecule has 164 valence electrons. The molecule has 6 heteroatoms. The van der Waals surface area contributed by atoms with Crippen LogP contribution in [0.15, 0.2) is 61.1 Å². The third kappa shape index (κ3) is 4.31. The van der Waals surface area contributed by atoms with Crippen LogP contribution in [-0.4, -0.2) is 43.6 Å². The molecule has 0 aliphatic carbocycles. The van der Waals surface area contributed by atoms with Crippen molar-refractivity contribution in [1.82, 2.24) is 24.6 Å². The average Bonchev–Trinajstić information content (AvgIpc) is 3.44. The van der Waals surface area contributed by atoms with Gasteiger partial charge >= 0.3 is 0 Å². The fourth-order valence-electron chi connectivity index (χ4n) is 4.71. The average molecular weight is 428 g/mol. The topological polar surface area (TPSA) is 66.8 Å². The minimum Gasteiger partial charge on any atom is -0.343 e. The van der Waals surface area contributed by atoms with Gasteiger partial charge in [0.15, 0.2) is 0 Å². The summed E-state index contributed by atoms with van der Waals surface area (Å²) >= 11 is 0. The second-order valence-corrected chi connectivity index (χ2v) is 8.82. The van der Waals surface area contributed by atoms with Gasteiger partial charge in [0.25, 0.3) is 0 Å². The number of hydrogen-bond acceptors (Lipinski definition) is 3. The Morgan fingerprint density at radius 1 is 1.12 bits per heavy atom. The van der Waals surface area contributed by atoms with E-state index in [1.807, 2.05) is 42.4 Å². The fourth-order valence-corrected chi connectivity index (χ4v) is 4.71. The molecular weight excluding hydrogens is 398 g/mol. The predicted molar refractivity (Wildman–Crippen MR) is 126 cm³/mol. The molecule has 0 radical (unpaired) electrons. The van der Waals surface area contributed by atoms with Crippen LogP contribution in [0.2, 0.25) is 0 Å². The smallest absolute Gasteiger partial charge is 0.222 e. The number of rotatable bonds is 6. The van der Waals surface area contributed by atoms with Gasteiger partial charge in [0.2, 0.25) is 5.91 Å². The Balaban J connectivity index is 1.17. The highest BCUT2D eigenvalue weighted by Crippen LogP contribution is 2.27. The second kappa shape index (κ2) is 8.99. The fraction of sp³-hybridized carbons (Fsp3) is 0.346. The van der Waals surface area contributed by atoms with Crippen molar-refractivity contribution in [2.75, 3.05) is 13.1 Å². The Kier molecular flexibility index (Phi) is 5.75. The SMILES string of the molecule is Cc1[nH]ncc1-c1cnc2c(ccn2CC2CCN(C(=O)CCc3ccccc3)CC2)c1. The van der Waals surface area contributed by atoms with E-state index in [0.29, 0.717) is 12.3 Å². The van der Waals surface area contributed by atoms with Gasteiger partial charge in [0, 0.05) is 60.7 Å². The minimum absolute atomic E-state index is 0.280. The molecule has 1 aliphatic heterocycles. The van der Waals surface area contributed by atoms with Crippen LogP contribution in [0.3, 0.4) is 0 Å². The number of amides is 1. The number of aromatic nitrogens is 4. The highest BCUT2D eigenvalue weighted by atomic mass is 16.2. The lowest BCUT2D eigenvalue weighted by Crippen LogP contribution is -2.39. The van der Waals surface area contributed by atoms with E-state index in [-0.39, 0.29) is 5.91 Å². The molecule has 5 rings (SSSR count). The third-order valence-corrected chi connectivity index (χ3v) is 6.63. The summed E-state index contributed by atoms with van der Waals surface area (Å²) in [6.07, 6.45) is 9.43. The van der Waals surface area contributed by atoms with Crippen LogP contribution < -0.4 is 0 Å².